The summed E-state index contributed by atoms with van der Waals surface area (Å²) in [5.74, 6) is 0.234. The molecule has 0 bridgehead atoms. The van der Waals surface area contributed by atoms with Crippen molar-refractivity contribution in [1.29, 1.82) is 0 Å². The summed E-state index contributed by atoms with van der Waals surface area (Å²) in [6.45, 7) is 1.81. The van der Waals surface area contributed by atoms with E-state index < -0.39 is 12.7 Å². The van der Waals surface area contributed by atoms with E-state index in [1.54, 1.807) is 60.7 Å². The summed E-state index contributed by atoms with van der Waals surface area (Å²) in [6, 6.07) is 18.5. The Bertz CT molecular complexity index is 1130. The number of carbonyl (C=O) groups excluding carboxylic acids is 1. The topological polar surface area (TPSA) is 43.4 Å². The van der Waals surface area contributed by atoms with Crippen molar-refractivity contribution >= 4 is 58.0 Å². The second-order valence-electron chi connectivity index (χ2n) is 6.30. The predicted molar refractivity (Wildman–Crippen MR) is 124 cm³/mol. The minimum atomic E-state index is -3.97. The Hall–Kier alpha value is -1.97. The fraction of sp³-hybridized carbons (Fsp3) is 0.0909. The number of rotatable bonds is 6. The van der Waals surface area contributed by atoms with Crippen LogP contribution in [0.3, 0.4) is 0 Å². The van der Waals surface area contributed by atoms with Gasteiger partial charge in [0.05, 0.1) is 22.3 Å². The van der Waals surface area contributed by atoms with Gasteiger partial charge in [-0.25, -0.2) is 0 Å². The highest BCUT2D eigenvalue weighted by Crippen LogP contribution is 2.54. The molecular weight excluding hydrogens is 446 g/mol. The zero-order valence-corrected chi connectivity index (χ0v) is 18.9. The van der Waals surface area contributed by atoms with Crippen molar-refractivity contribution in [3.63, 3.8) is 0 Å². The van der Waals surface area contributed by atoms with Crippen molar-refractivity contribution in [2.75, 3.05) is 7.11 Å². The molecule has 0 N–H and O–H groups in total. The van der Waals surface area contributed by atoms with E-state index in [0.29, 0.717) is 15.9 Å². The molecular formula is C22H17Cl2O3PS. The third-order valence-corrected chi connectivity index (χ3v) is 8.76. The fourth-order valence-corrected chi connectivity index (χ4v) is 7.06. The molecule has 0 radical (unpaired) electrons. The van der Waals surface area contributed by atoms with Crippen LogP contribution in [0.5, 0.6) is 5.75 Å². The molecule has 29 heavy (non-hydrogen) atoms. The number of halogens is 2. The van der Waals surface area contributed by atoms with Gasteiger partial charge in [-0.05, 0) is 30.7 Å². The Morgan fingerprint density at radius 1 is 0.897 bits per heavy atom. The predicted octanol–water partition coefficient (Wildman–Crippen LogP) is 6.51. The van der Waals surface area contributed by atoms with Crippen molar-refractivity contribution in [1.82, 2.24) is 0 Å². The van der Waals surface area contributed by atoms with Crippen molar-refractivity contribution in [3.8, 4) is 5.75 Å². The lowest BCUT2D eigenvalue weighted by Gasteiger charge is -2.22. The maximum atomic E-state index is 14.5. The number of hydrogen-bond donors (Lipinski definition) is 0. The second kappa shape index (κ2) is 8.81. The molecule has 3 rings (SSSR count). The van der Waals surface area contributed by atoms with Gasteiger partial charge in [0.15, 0.2) is 0 Å². The first-order valence-corrected chi connectivity index (χ1v) is 11.5. The van der Waals surface area contributed by atoms with Gasteiger partial charge in [-0.1, -0.05) is 84.0 Å². The molecule has 0 spiro atoms. The summed E-state index contributed by atoms with van der Waals surface area (Å²) in [4.78, 5) is 13.7. The van der Waals surface area contributed by atoms with Gasteiger partial charge in [0.1, 0.15) is 5.75 Å². The number of methoxy groups -OCH3 is 1. The maximum Gasteiger partial charge on any atom is 0.236 e. The van der Waals surface area contributed by atoms with Gasteiger partial charge in [0.25, 0.3) is 0 Å². The van der Waals surface area contributed by atoms with Crippen LogP contribution in [-0.4, -0.2) is 17.2 Å². The van der Waals surface area contributed by atoms with Crippen LogP contribution >= 0.6 is 42.6 Å². The number of benzene rings is 3. The quantitative estimate of drug-likeness (QED) is 0.309. The third kappa shape index (κ3) is 3.91. The van der Waals surface area contributed by atoms with Gasteiger partial charge < -0.3 is 9.30 Å². The molecule has 1 atom stereocenters. The number of thiocarbonyl (C=S) groups is 1. The van der Waals surface area contributed by atoms with Crippen LogP contribution in [0.15, 0.2) is 66.7 Å². The van der Waals surface area contributed by atoms with Crippen LogP contribution in [0.4, 0.5) is 0 Å². The van der Waals surface area contributed by atoms with Gasteiger partial charge in [-0.2, -0.15) is 0 Å². The van der Waals surface area contributed by atoms with Gasteiger partial charge in [0, 0.05) is 15.9 Å². The average Bonchev–Trinajstić information content (AvgIpc) is 2.72. The molecule has 3 aromatic rings. The normalized spacial score (nSPS) is 12.8. The molecule has 0 aliphatic rings. The molecule has 0 heterocycles. The van der Waals surface area contributed by atoms with Gasteiger partial charge >= 0.3 is 0 Å². The molecule has 0 aliphatic carbocycles. The van der Waals surface area contributed by atoms with E-state index >= 15 is 0 Å². The first-order valence-electron chi connectivity index (χ1n) is 8.65. The van der Waals surface area contributed by atoms with E-state index in [9.17, 15) is 9.36 Å². The van der Waals surface area contributed by atoms with Gasteiger partial charge in [-0.3, -0.25) is 4.79 Å². The molecule has 3 nitrogen and oxygen atoms in total. The Kier molecular flexibility index (Phi) is 6.60. The number of ether oxygens (including phenoxy) is 1. The summed E-state index contributed by atoms with van der Waals surface area (Å²) in [5, 5.41) is 0.797. The Labute approximate surface area is 185 Å². The molecule has 7 heteroatoms. The second-order valence-corrected chi connectivity index (χ2v) is 10.4. The van der Waals surface area contributed by atoms with E-state index in [-0.39, 0.29) is 20.9 Å². The van der Waals surface area contributed by atoms with Crippen LogP contribution in [0, 0.1) is 6.92 Å². The molecule has 0 aromatic heterocycles. The fourth-order valence-electron chi connectivity index (χ4n) is 3.06. The molecule has 0 aliphatic heterocycles. The first kappa shape index (κ1) is 21.7. The zero-order chi connectivity index (χ0) is 21.2. The lowest BCUT2D eigenvalue weighted by atomic mass is 10.1. The molecule has 1 unspecified atom stereocenters. The van der Waals surface area contributed by atoms with Crippen LogP contribution in [0.1, 0.15) is 21.5 Å². The standard InChI is InChI=1S/C22H17Cl2O3PS/c1-14-8-6-11-16(23)19(14)22(29)28(26,15-9-4-3-5-10-15)21(25)20-17(24)12-7-13-18(20)27-2/h3-13H,1-2H3. The molecule has 3 aromatic carbocycles. The average molecular weight is 463 g/mol. The first-order chi connectivity index (χ1) is 13.8. The highest BCUT2D eigenvalue weighted by atomic mass is 35.5. The summed E-state index contributed by atoms with van der Waals surface area (Å²) in [6.07, 6.45) is 0. The van der Waals surface area contributed by atoms with Crippen molar-refractivity contribution in [2.24, 2.45) is 0 Å². The zero-order valence-electron chi connectivity index (χ0n) is 15.7. The SMILES string of the molecule is COc1cccc(Cl)c1C(=O)P(=O)(C(=S)c1c(C)cccc1Cl)c1ccccc1. The number of aryl methyl sites for hydroxylation is 1. The largest absolute Gasteiger partial charge is 0.496 e. The Morgan fingerprint density at radius 2 is 1.48 bits per heavy atom. The van der Waals surface area contributed by atoms with E-state index in [0.717, 1.165) is 5.56 Å². The van der Waals surface area contributed by atoms with Crippen molar-refractivity contribution in [2.45, 2.75) is 6.92 Å². The molecule has 0 saturated heterocycles. The number of hydrogen-bond acceptors (Lipinski definition) is 4. The van der Waals surface area contributed by atoms with Crippen LogP contribution in [0.2, 0.25) is 10.0 Å². The Morgan fingerprint density at radius 3 is 2.07 bits per heavy atom. The van der Waals surface area contributed by atoms with E-state index in [1.807, 2.05) is 13.0 Å². The molecule has 0 saturated carbocycles. The lowest BCUT2D eigenvalue weighted by Crippen LogP contribution is -2.21. The summed E-state index contributed by atoms with van der Waals surface area (Å²) in [7, 11) is -2.55. The van der Waals surface area contributed by atoms with Gasteiger partial charge in [-0.15, -0.1) is 0 Å². The summed E-state index contributed by atoms with van der Waals surface area (Å²) < 4.78 is 19.8. The lowest BCUT2D eigenvalue weighted by molar-refractivity contribution is 0.107. The van der Waals surface area contributed by atoms with Crippen LogP contribution < -0.4 is 10.0 Å². The smallest absolute Gasteiger partial charge is 0.236 e. The monoisotopic (exact) mass is 462 g/mol. The van der Waals surface area contributed by atoms with Crippen LogP contribution in [0.25, 0.3) is 0 Å². The van der Waals surface area contributed by atoms with E-state index in [4.69, 9.17) is 40.2 Å². The summed E-state index contributed by atoms with van der Waals surface area (Å²) >= 11 is 18.4. The molecule has 148 valence electrons. The third-order valence-electron chi connectivity index (χ3n) is 4.54. The van der Waals surface area contributed by atoms with Crippen LogP contribution in [-0.2, 0) is 4.57 Å². The highest BCUT2D eigenvalue weighted by molar-refractivity contribution is 8.12. The van der Waals surface area contributed by atoms with E-state index in [2.05, 4.69) is 0 Å². The minimum Gasteiger partial charge on any atom is -0.496 e. The number of carbonyl (C=O) groups is 1. The maximum absolute atomic E-state index is 14.5. The Balaban J connectivity index is 2.31. The van der Waals surface area contributed by atoms with Crippen molar-refractivity contribution in [3.05, 3.63) is 93.5 Å². The molecule has 0 amide bonds. The van der Waals surface area contributed by atoms with Gasteiger partial charge in [0.2, 0.25) is 12.7 Å². The molecule has 0 fully saturated rings. The van der Waals surface area contributed by atoms with E-state index in [1.165, 1.54) is 7.11 Å². The van der Waals surface area contributed by atoms with Crippen molar-refractivity contribution < 1.29 is 14.1 Å². The minimum absolute atomic E-state index is 0.00114. The highest BCUT2D eigenvalue weighted by Gasteiger charge is 2.42. The summed E-state index contributed by atoms with van der Waals surface area (Å²) in [5.41, 5.74) is 0.514.